The number of hydrogen-bond acceptors (Lipinski definition) is 3. The quantitative estimate of drug-likeness (QED) is 0.772. The summed E-state index contributed by atoms with van der Waals surface area (Å²) in [7, 11) is 0. The van der Waals surface area contributed by atoms with Crippen molar-refractivity contribution in [3.63, 3.8) is 0 Å². The molecular weight excluding hydrogens is 370 g/mol. The second kappa shape index (κ2) is 8.73. The van der Waals surface area contributed by atoms with E-state index in [-0.39, 0.29) is 11.9 Å². The van der Waals surface area contributed by atoms with Gasteiger partial charge in [-0.1, -0.05) is 34.1 Å². The van der Waals surface area contributed by atoms with Crippen molar-refractivity contribution in [1.29, 1.82) is 0 Å². The second-order valence-corrected chi connectivity index (χ2v) is 6.62. The standard InChI is InChI=1S/C19H22BrNO3/c1-13-6-4-5-7-18(13)23-12-14(2)21-19(22)15(3)24-17-10-8-16(20)9-11-17/h4-11,14-15H,12H2,1-3H3,(H,21,22)/t14-,15-/m1/s1. The van der Waals surface area contributed by atoms with Gasteiger partial charge in [-0.2, -0.15) is 0 Å². The lowest BCUT2D eigenvalue weighted by atomic mass is 10.2. The molecule has 0 bridgehead atoms. The molecule has 2 aromatic carbocycles. The van der Waals surface area contributed by atoms with Crippen molar-refractivity contribution in [2.75, 3.05) is 6.61 Å². The van der Waals surface area contributed by atoms with E-state index in [1.54, 1.807) is 6.92 Å². The van der Waals surface area contributed by atoms with Gasteiger partial charge in [0, 0.05) is 4.47 Å². The van der Waals surface area contributed by atoms with Gasteiger partial charge in [0.25, 0.3) is 5.91 Å². The summed E-state index contributed by atoms with van der Waals surface area (Å²) in [6.07, 6.45) is -0.577. The molecule has 0 saturated carbocycles. The van der Waals surface area contributed by atoms with Gasteiger partial charge in [-0.05, 0) is 56.7 Å². The smallest absolute Gasteiger partial charge is 0.261 e. The molecule has 24 heavy (non-hydrogen) atoms. The first-order valence-electron chi connectivity index (χ1n) is 7.86. The highest BCUT2D eigenvalue weighted by Gasteiger charge is 2.17. The summed E-state index contributed by atoms with van der Waals surface area (Å²) in [6.45, 7) is 6.03. The van der Waals surface area contributed by atoms with E-state index in [0.29, 0.717) is 12.4 Å². The first-order valence-corrected chi connectivity index (χ1v) is 8.66. The van der Waals surface area contributed by atoms with E-state index in [0.717, 1.165) is 15.8 Å². The Morgan fingerprint density at radius 3 is 2.46 bits per heavy atom. The molecule has 5 heteroatoms. The van der Waals surface area contributed by atoms with Crippen molar-refractivity contribution in [2.45, 2.75) is 32.9 Å². The fourth-order valence-electron chi connectivity index (χ4n) is 2.11. The van der Waals surface area contributed by atoms with E-state index in [9.17, 15) is 4.79 Å². The van der Waals surface area contributed by atoms with E-state index in [1.165, 1.54) is 0 Å². The van der Waals surface area contributed by atoms with Gasteiger partial charge in [0.05, 0.1) is 6.04 Å². The third-order valence-electron chi connectivity index (χ3n) is 3.47. The molecular formula is C19H22BrNO3. The van der Waals surface area contributed by atoms with Crippen LogP contribution in [0.3, 0.4) is 0 Å². The van der Waals surface area contributed by atoms with Crippen molar-refractivity contribution in [3.8, 4) is 11.5 Å². The molecule has 0 radical (unpaired) electrons. The van der Waals surface area contributed by atoms with Crippen molar-refractivity contribution < 1.29 is 14.3 Å². The zero-order chi connectivity index (χ0) is 17.5. The van der Waals surface area contributed by atoms with Gasteiger partial charge >= 0.3 is 0 Å². The molecule has 0 unspecified atom stereocenters. The minimum Gasteiger partial charge on any atom is -0.491 e. The Bertz CT molecular complexity index is 673. The molecule has 2 aromatic rings. The SMILES string of the molecule is Cc1ccccc1OC[C@@H](C)NC(=O)[C@@H](C)Oc1ccc(Br)cc1. The molecule has 0 aromatic heterocycles. The van der Waals surface area contributed by atoms with Crippen LogP contribution in [0.4, 0.5) is 0 Å². The summed E-state index contributed by atoms with van der Waals surface area (Å²) in [6, 6.07) is 15.1. The average molecular weight is 392 g/mol. The molecule has 0 fully saturated rings. The fraction of sp³-hybridized carbons (Fsp3) is 0.316. The fourth-order valence-corrected chi connectivity index (χ4v) is 2.37. The van der Waals surface area contributed by atoms with Gasteiger partial charge in [0.1, 0.15) is 18.1 Å². The van der Waals surface area contributed by atoms with Crippen molar-refractivity contribution in [3.05, 3.63) is 58.6 Å². The zero-order valence-electron chi connectivity index (χ0n) is 14.1. The van der Waals surface area contributed by atoms with Gasteiger partial charge in [0.2, 0.25) is 0 Å². The van der Waals surface area contributed by atoms with Crippen LogP contribution in [-0.2, 0) is 4.79 Å². The number of carbonyl (C=O) groups is 1. The van der Waals surface area contributed by atoms with Gasteiger partial charge < -0.3 is 14.8 Å². The molecule has 4 nitrogen and oxygen atoms in total. The largest absolute Gasteiger partial charge is 0.491 e. The molecule has 0 aliphatic rings. The van der Waals surface area contributed by atoms with Crippen molar-refractivity contribution in [1.82, 2.24) is 5.32 Å². The maximum Gasteiger partial charge on any atom is 0.261 e. The number of aryl methyl sites for hydroxylation is 1. The summed E-state index contributed by atoms with van der Waals surface area (Å²) in [5, 5.41) is 2.90. The predicted molar refractivity (Wildman–Crippen MR) is 98.5 cm³/mol. The summed E-state index contributed by atoms with van der Waals surface area (Å²) in [4.78, 5) is 12.2. The molecule has 0 heterocycles. The van der Waals surface area contributed by atoms with Gasteiger partial charge in [-0.3, -0.25) is 4.79 Å². The van der Waals surface area contributed by atoms with Crippen LogP contribution >= 0.6 is 15.9 Å². The summed E-state index contributed by atoms with van der Waals surface area (Å²) < 4.78 is 12.4. The van der Waals surface area contributed by atoms with Crippen molar-refractivity contribution >= 4 is 21.8 Å². The Kier molecular flexibility index (Phi) is 6.67. The number of hydrogen-bond donors (Lipinski definition) is 1. The first-order chi connectivity index (χ1) is 11.5. The number of nitrogens with one attached hydrogen (secondary N) is 1. The lowest BCUT2D eigenvalue weighted by Crippen LogP contribution is -2.43. The van der Waals surface area contributed by atoms with Gasteiger partial charge in [0.15, 0.2) is 6.10 Å². The summed E-state index contributed by atoms with van der Waals surface area (Å²) in [5.41, 5.74) is 1.07. The number of rotatable bonds is 7. The Morgan fingerprint density at radius 1 is 1.12 bits per heavy atom. The molecule has 0 aliphatic carbocycles. The van der Waals surface area contributed by atoms with Crippen LogP contribution in [0, 0.1) is 6.92 Å². The monoisotopic (exact) mass is 391 g/mol. The molecule has 2 rings (SSSR count). The number of benzene rings is 2. The summed E-state index contributed by atoms with van der Waals surface area (Å²) in [5.74, 6) is 1.32. The minimum absolute atomic E-state index is 0.118. The molecule has 1 N–H and O–H groups in total. The van der Waals surface area contributed by atoms with Crippen LogP contribution in [0.25, 0.3) is 0 Å². The highest BCUT2D eigenvalue weighted by molar-refractivity contribution is 9.10. The number of para-hydroxylation sites is 1. The average Bonchev–Trinajstić information content (AvgIpc) is 2.56. The van der Waals surface area contributed by atoms with Gasteiger partial charge in [-0.25, -0.2) is 0 Å². The Morgan fingerprint density at radius 2 is 1.79 bits per heavy atom. The molecule has 1 amide bonds. The molecule has 128 valence electrons. The van der Waals surface area contributed by atoms with E-state index >= 15 is 0 Å². The number of amides is 1. The van der Waals surface area contributed by atoms with Crippen LogP contribution in [0.2, 0.25) is 0 Å². The van der Waals surface area contributed by atoms with E-state index in [1.807, 2.05) is 62.4 Å². The topological polar surface area (TPSA) is 47.6 Å². The lowest BCUT2D eigenvalue weighted by Gasteiger charge is -2.19. The molecule has 0 aliphatic heterocycles. The maximum absolute atomic E-state index is 12.2. The Labute approximate surface area is 151 Å². The highest BCUT2D eigenvalue weighted by Crippen LogP contribution is 2.18. The zero-order valence-corrected chi connectivity index (χ0v) is 15.7. The maximum atomic E-state index is 12.2. The van der Waals surface area contributed by atoms with Crippen LogP contribution in [0.5, 0.6) is 11.5 Å². The van der Waals surface area contributed by atoms with Crippen LogP contribution in [0.1, 0.15) is 19.4 Å². The third-order valence-corrected chi connectivity index (χ3v) is 4.00. The van der Waals surface area contributed by atoms with E-state index in [4.69, 9.17) is 9.47 Å². The summed E-state index contributed by atoms with van der Waals surface area (Å²) >= 11 is 3.37. The van der Waals surface area contributed by atoms with Crippen LogP contribution < -0.4 is 14.8 Å². The van der Waals surface area contributed by atoms with E-state index < -0.39 is 6.10 Å². The molecule has 0 saturated heterocycles. The van der Waals surface area contributed by atoms with Crippen molar-refractivity contribution in [2.24, 2.45) is 0 Å². The number of carbonyl (C=O) groups excluding carboxylic acids is 1. The van der Waals surface area contributed by atoms with Gasteiger partial charge in [-0.15, -0.1) is 0 Å². The Hall–Kier alpha value is -2.01. The third kappa shape index (κ3) is 5.57. The van der Waals surface area contributed by atoms with E-state index in [2.05, 4.69) is 21.2 Å². The molecule has 2 atom stereocenters. The number of ether oxygens (including phenoxy) is 2. The molecule has 0 spiro atoms. The normalized spacial score (nSPS) is 13.0. The minimum atomic E-state index is -0.577. The highest BCUT2D eigenvalue weighted by atomic mass is 79.9. The Balaban J connectivity index is 1.80. The van der Waals surface area contributed by atoms with Crippen LogP contribution in [-0.4, -0.2) is 24.7 Å². The first kappa shape index (κ1) is 18.3. The second-order valence-electron chi connectivity index (χ2n) is 5.70. The lowest BCUT2D eigenvalue weighted by molar-refractivity contribution is -0.128. The number of halogens is 1. The predicted octanol–water partition coefficient (Wildman–Crippen LogP) is 4.11. The van der Waals surface area contributed by atoms with Crippen LogP contribution in [0.15, 0.2) is 53.0 Å².